The molecule has 132 valence electrons. The van der Waals surface area contributed by atoms with E-state index < -0.39 is 4.92 Å². The van der Waals surface area contributed by atoms with Gasteiger partial charge in [-0.3, -0.25) is 14.9 Å². The van der Waals surface area contributed by atoms with Crippen molar-refractivity contribution >= 4 is 17.3 Å². The van der Waals surface area contributed by atoms with Crippen molar-refractivity contribution in [2.45, 2.75) is 13.5 Å². The van der Waals surface area contributed by atoms with Crippen molar-refractivity contribution in [3.05, 3.63) is 69.5 Å². The van der Waals surface area contributed by atoms with Gasteiger partial charge in [-0.05, 0) is 36.8 Å². The Labute approximate surface area is 145 Å². The zero-order chi connectivity index (χ0) is 18.6. The van der Waals surface area contributed by atoms with Crippen LogP contribution < -0.4 is 4.90 Å². The largest absolute Gasteiger partial charge is 0.372 e. The van der Waals surface area contributed by atoms with E-state index in [1.165, 1.54) is 23.1 Å². The van der Waals surface area contributed by atoms with E-state index in [-0.39, 0.29) is 29.5 Å². The van der Waals surface area contributed by atoms with Crippen molar-refractivity contribution in [2.75, 3.05) is 25.5 Å². The molecule has 0 saturated heterocycles. The minimum Gasteiger partial charge on any atom is -0.372 e. The van der Waals surface area contributed by atoms with Gasteiger partial charge in [-0.1, -0.05) is 12.1 Å². The third kappa shape index (κ3) is 4.32. The number of anilines is 1. The average molecular weight is 345 g/mol. The summed E-state index contributed by atoms with van der Waals surface area (Å²) in [6, 6.07) is 10.4. The summed E-state index contributed by atoms with van der Waals surface area (Å²) >= 11 is 0. The predicted octanol–water partition coefficient (Wildman–Crippen LogP) is 3.46. The summed E-state index contributed by atoms with van der Waals surface area (Å²) in [5, 5.41) is 11.3. The molecular formula is C18H20FN3O3. The van der Waals surface area contributed by atoms with E-state index >= 15 is 0 Å². The fourth-order valence-corrected chi connectivity index (χ4v) is 2.55. The number of carbonyl (C=O) groups excluding carboxylic acids is 1. The van der Waals surface area contributed by atoms with Crippen LogP contribution >= 0.6 is 0 Å². The first-order valence-electron chi connectivity index (χ1n) is 7.83. The van der Waals surface area contributed by atoms with Gasteiger partial charge in [0.15, 0.2) is 0 Å². The molecule has 0 aliphatic carbocycles. The molecule has 0 aromatic heterocycles. The topological polar surface area (TPSA) is 66.7 Å². The maximum absolute atomic E-state index is 13.3. The third-order valence-corrected chi connectivity index (χ3v) is 3.83. The van der Waals surface area contributed by atoms with Gasteiger partial charge < -0.3 is 9.80 Å². The molecule has 0 aliphatic heterocycles. The molecule has 2 aromatic rings. The van der Waals surface area contributed by atoms with E-state index in [2.05, 4.69) is 0 Å². The Morgan fingerprint density at radius 2 is 1.92 bits per heavy atom. The van der Waals surface area contributed by atoms with Crippen LogP contribution in [0.25, 0.3) is 0 Å². The van der Waals surface area contributed by atoms with Gasteiger partial charge in [-0.2, -0.15) is 0 Å². The minimum atomic E-state index is -0.505. The van der Waals surface area contributed by atoms with Crippen molar-refractivity contribution in [1.29, 1.82) is 0 Å². The molecule has 2 aromatic carbocycles. The molecule has 0 saturated carbocycles. The summed E-state index contributed by atoms with van der Waals surface area (Å²) in [5.74, 6) is -0.702. The van der Waals surface area contributed by atoms with Crippen molar-refractivity contribution in [2.24, 2.45) is 0 Å². The molecule has 0 radical (unpaired) electrons. The van der Waals surface area contributed by atoms with E-state index in [1.807, 2.05) is 0 Å². The Bertz CT molecular complexity index is 793. The van der Waals surface area contributed by atoms with Gasteiger partial charge in [0, 0.05) is 38.8 Å². The van der Waals surface area contributed by atoms with Gasteiger partial charge in [0.05, 0.1) is 4.92 Å². The van der Waals surface area contributed by atoms with Crippen molar-refractivity contribution < 1.29 is 14.1 Å². The summed E-state index contributed by atoms with van der Waals surface area (Å²) in [7, 11) is 3.40. The average Bonchev–Trinajstić information content (AvgIpc) is 2.58. The third-order valence-electron chi connectivity index (χ3n) is 3.83. The number of nitro groups is 1. The number of benzene rings is 2. The number of rotatable bonds is 6. The highest BCUT2D eigenvalue weighted by molar-refractivity contribution is 5.95. The molecule has 0 spiro atoms. The summed E-state index contributed by atoms with van der Waals surface area (Å²) in [6.07, 6.45) is 0. The van der Waals surface area contributed by atoms with E-state index in [0.29, 0.717) is 17.8 Å². The monoisotopic (exact) mass is 345 g/mol. The fourth-order valence-electron chi connectivity index (χ4n) is 2.55. The lowest BCUT2D eigenvalue weighted by atomic mass is 10.1. The molecule has 0 aliphatic rings. The quantitative estimate of drug-likeness (QED) is 0.594. The van der Waals surface area contributed by atoms with Crippen LogP contribution in [0, 0.1) is 15.9 Å². The van der Waals surface area contributed by atoms with Crippen molar-refractivity contribution in [3.8, 4) is 0 Å². The Hall–Kier alpha value is -2.96. The predicted molar refractivity (Wildman–Crippen MR) is 94.2 cm³/mol. The first-order chi connectivity index (χ1) is 11.8. The molecule has 0 N–H and O–H groups in total. The van der Waals surface area contributed by atoms with Crippen LogP contribution in [-0.4, -0.2) is 36.4 Å². The van der Waals surface area contributed by atoms with E-state index in [4.69, 9.17) is 0 Å². The molecule has 0 atom stereocenters. The van der Waals surface area contributed by atoms with Crippen LogP contribution in [0.2, 0.25) is 0 Å². The number of hydrogen-bond donors (Lipinski definition) is 0. The van der Waals surface area contributed by atoms with Gasteiger partial charge in [0.2, 0.25) is 0 Å². The van der Waals surface area contributed by atoms with Crippen molar-refractivity contribution in [1.82, 2.24) is 4.90 Å². The lowest BCUT2D eigenvalue weighted by molar-refractivity contribution is -0.384. The van der Waals surface area contributed by atoms with E-state index in [1.54, 1.807) is 50.2 Å². The Balaban J connectivity index is 2.31. The second-order valence-electron chi connectivity index (χ2n) is 5.80. The van der Waals surface area contributed by atoms with E-state index in [0.717, 1.165) is 0 Å². The Kier molecular flexibility index (Phi) is 5.69. The maximum atomic E-state index is 13.3. The van der Waals surface area contributed by atoms with Gasteiger partial charge in [-0.25, -0.2) is 4.39 Å². The fraction of sp³-hybridized carbons (Fsp3) is 0.278. The molecule has 0 bridgehead atoms. The number of amides is 1. The van der Waals surface area contributed by atoms with Gasteiger partial charge in [0.25, 0.3) is 11.6 Å². The highest BCUT2D eigenvalue weighted by Gasteiger charge is 2.21. The van der Waals surface area contributed by atoms with Gasteiger partial charge >= 0.3 is 0 Å². The molecule has 0 unspecified atom stereocenters. The van der Waals surface area contributed by atoms with E-state index in [9.17, 15) is 19.3 Å². The lowest BCUT2D eigenvalue weighted by Crippen LogP contribution is -2.30. The van der Waals surface area contributed by atoms with Crippen LogP contribution in [0.4, 0.5) is 15.8 Å². The SMILES string of the molecule is CCN(Cc1cccc(F)c1)C(=O)c1ccc(N(C)C)c([N+](=O)[O-])c1. The van der Waals surface area contributed by atoms with Crippen LogP contribution in [-0.2, 0) is 6.54 Å². The first-order valence-corrected chi connectivity index (χ1v) is 7.83. The molecule has 0 heterocycles. The number of nitro benzene ring substituents is 1. The molecule has 0 fully saturated rings. The Morgan fingerprint density at radius 3 is 2.48 bits per heavy atom. The Morgan fingerprint density at radius 1 is 1.20 bits per heavy atom. The summed E-state index contributed by atoms with van der Waals surface area (Å²) in [5.41, 5.74) is 1.19. The highest BCUT2D eigenvalue weighted by atomic mass is 19.1. The first kappa shape index (κ1) is 18.4. The summed E-state index contributed by atoms with van der Waals surface area (Å²) in [6.45, 7) is 2.44. The molecule has 2 rings (SSSR count). The number of nitrogens with zero attached hydrogens (tertiary/aromatic N) is 3. The smallest absolute Gasteiger partial charge is 0.293 e. The summed E-state index contributed by atoms with van der Waals surface area (Å²) in [4.78, 5) is 26.6. The molecule has 25 heavy (non-hydrogen) atoms. The highest BCUT2D eigenvalue weighted by Crippen LogP contribution is 2.28. The zero-order valence-electron chi connectivity index (χ0n) is 14.4. The number of hydrogen-bond acceptors (Lipinski definition) is 4. The van der Waals surface area contributed by atoms with Crippen LogP contribution in [0.3, 0.4) is 0 Å². The zero-order valence-corrected chi connectivity index (χ0v) is 14.4. The second-order valence-corrected chi connectivity index (χ2v) is 5.80. The van der Waals surface area contributed by atoms with Crippen molar-refractivity contribution in [3.63, 3.8) is 0 Å². The van der Waals surface area contributed by atoms with Gasteiger partial charge in [-0.15, -0.1) is 0 Å². The molecular weight excluding hydrogens is 325 g/mol. The normalized spacial score (nSPS) is 10.4. The maximum Gasteiger partial charge on any atom is 0.293 e. The summed E-state index contributed by atoms with van der Waals surface area (Å²) < 4.78 is 13.3. The van der Waals surface area contributed by atoms with Crippen LogP contribution in [0.1, 0.15) is 22.8 Å². The minimum absolute atomic E-state index is 0.127. The van der Waals surface area contributed by atoms with Crippen LogP contribution in [0.5, 0.6) is 0 Å². The molecule has 7 heteroatoms. The van der Waals surface area contributed by atoms with Gasteiger partial charge in [0.1, 0.15) is 11.5 Å². The van der Waals surface area contributed by atoms with Crippen LogP contribution in [0.15, 0.2) is 42.5 Å². The standard InChI is InChI=1S/C18H20FN3O3/c1-4-21(12-13-6-5-7-15(19)10-13)18(23)14-8-9-16(20(2)3)17(11-14)22(24)25/h5-11H,4,12H2,1-3H3. The molecule has 6 nitrogen and oxygen atoms in total. The second kappa shape index (κ2) is 7.74. The lowest BCUT2D eigenvalue weighted by Gasteiger charge is -2.21. The number of carbonyl (C=O) groups is 1. The molecule has 1 amide bonds. The number of halogens is 1.